The van der Waals surface area contributed by atoms with E-state index in [9.17, 15) is 26.7 Å². The predicted octanol–water partition coefficient (Wildman–Crippen LogP) is 4.33. The van der Waals surface area contributed by atoms with E-state index in [2.05, 4.69) is 20.1 Å². The summed E-state index contributed by atoms with van der Waals surface area (Å²) < 4.78 is 68.1. The number of nitrogens with zero attached hydrogens (tertiary/aromatic N) is 6. The van der Waals surface area contributed by atoms with Crippen molar-refractivity contribution in [3.8, 4) is 0 Å². The number of fused-ring (bicyclic) bond motifs is 3. The summed E-state index contributed by atoms with van der Waals surface area (Å²) >= 11 is 0. The summed E-state index contributed by atoms with van der Waals surface area (Å²) in [6, 6.07) is 2.92. The van der Waals surface area contributed by atoms with E-state index in [4.69, 9.17) is 0 Å². The smallest absolute Gasteiger partial charge is 0.332 e. The fraction of sp³-hybridized carbons (Fsp3) is 0.476. The predicted molar refractivity (Wildman–Crippen MR) is 105 cm³/mol. The lowest BCUT2D eigenvalue weighted by Gasteiger charge is -2.40. The van der Waals surface area contributed by atoms with Gasteiger partial charge < -0.3 is 4.90 Å². The molecule has 33 heavy (non-hydrogen) atoms. The number of carbonyl (C=O) groups is 1. The maximum atomic E-state index is 13.5. The van der Waals surface area contributed by atoms with Gasteiger partial charge in [0.1, 0.15) is 17.7 Å². The van der Waals surface area contributed by atoms with Crippen molar-refractivity contribution in [3.05, 3.63) is 52.9 Å². The monoisotopic (exact) mass is 466 g/mol. The molecule has 1 amide bonds. The van der Waals surface area contributed by atoms with Crippen molar-refractivity contribution >= 4 is 11.7 Å². The van der Waals surface area contributed by atoms with Crippen molar-refractivity contribution in [2.45, 2.75) is 63.2 Å². The lowest BCUT2D eigenvalue weighted by molar-refractivity contribution is -0.141. The minimum absolute atomic E-state index is 0.0420. The Morgan fingerprint density at radius 1 is 1.09 bits per heavy atom. The number of aryl methyl sites for hydroxylation is 1. The summed E-state index contributed by atoms with van der Waals surface area (Å²) in [7, 11) is 0. The Bertz CT molecular complexity index is 1230. The van der Waals surface area contributed by atoms with Crippen molar-refractivity contribution in [2.24, 2.45) is 0 Å². The number of piperidine rings is 1. The molecule has 174 valence electrons. The van der Waals surface area contributed by atoms with Crippen LogP contribution < -0.4 is 0 Å². The lowest BCUT2D eigenvalue weighted by atomic mass is 9.86. The van der Waals surface area contributed by atoms with Crippen LogP contribution >= 0.6 is 0 Å². The van der Waals surface area contributed by atoms with Gasteiger partial charge in [-0.25, -0.2) is 23.3 Å². The molecule has 3 aromatic rings. The number of amides is 1. The second-order valence-electron chi connectivity index (χ2n) is 8.45. The first kappa shape index (κ1) is 21.7. The number of rotatable bonds is 3. The molecule has 0 N–H and O–H groups in total. The summed E-state index contributed by atoms with van der Waals surface area (Å²) in [6.07, 6.45) is -3.72. The number of halogens is 5. The molecule has 0 unspecified atom stereocenters. The molecular weight excluding hydrogens is 447 g/mol. The molecule has 2 bridgehead atoms. The molecule has 0 saturated carbocycles. The minimum atomic E-state index is -4.67. The van der Waals surface area contributed by atoms with E-state index in [0.717, 1.165) is 6.07 Å². The largest absolute Gasteiger partial charge is 0.433 e. The first-order chi connectivity index (χ1) is 15.6. The fourth-order valence-corrected chi connectivity index (χ4v) is 5.13. The quantitative estimate of drug-likeness (QED) is 0.537. The standard InChI is InChI=1S/C21H19F5N6O/c1-10-6-11(7-17(29-10)21(24,25)26)19(33)31-12-2-4-13(15(31)5-3-12)16-8-14(18(22)23)30-20-27-9-28-32(16)20/h6-9,12-13,15,18H,2-5H2,1H3/t12-,13-,15-/m0/s1. The van der Waals surface area contributed by atoms with E-state index >= 15 is 0 Å². The van der Waals surface area contributed by atoms with Crippen molar-refractivity contribution < 1.29 is 26.7 Å². The first-order valence-corrected chi connectivity index (χ1v) is 10.5. The molecular formula is C21H19F5N6O. The maximum absolute atomic E-state index is 13.5. The van der Waals surface area contributed by atoms with Gasteiger partial charge in [-0.15, -0.1) is 0 Å². The number of carbonyl (C=O) groups excluding carboxylic acids is 1. The van der Waals surface area contributed by atoms with E-state index in [1.807, 2.05) is 0 Å². The molecule has 0 aromatic carbocycles. The fourth-order valence-electron chi connectivity index (χ4n) is 5.13. The van der Waals surface area contributed by atoms with E-state index in [0.29, 0.717) is 31.4 Å². The summed E-state index contributed by atoms with van der Waals surface area (Å²) in [5.74, 6) is -0.802. The number of hydrogen-bond donors (Lipinski definition) is 0. The normalized spacial score (nSPS) is 23.0. The van der Waals surface area contributed by atoms with Crippen molar-refractivity contribution in [3.63, 3.8) is 0 Å². The Morgan fingerprint density at radius 2 is 1.85 bits per heavy atom. The number of pyridine rings is 1. The highest BCUT2D eigenvalue weighted by molar-refractivity contribution is 5.95. The van der Waals surface area contributed by atoms with Gasteiger partial charge in [-0.2, -0.15) is 23.3 Å². The maximum Gasteiger partial charge on any atom is 0.433 e. The van der Waals surface area contributed by atoms with Crippen LogP contribution in [0.2, 0.25) is 0 Å². The highest BCUT2D eigenvalue weighted by Gasteiger charge is 2.47. The molecule has 2 aliphatic heterocycles. The molecule has 5 heterocycles. The van der Waals surface area contributed by atoms with Gasteiger partial charge >= 0.3 is 6.18 Å². The van der Waals surface area contributed by atoms with Crippen LogP contribution in [0.15, 0.2) is 24.5 Å². The minimum Gasteiger partial charge on any atom is -0.332 e. The molecule has 12 heteroatoms. The second kappa shape index (κ2) is 7.70. The van der Waals surface area contributed by atoms with Crippen LogP contribution in [-0.4, -0.2) is 47.5 Å². The van der Waals surface area contributed by atoms with Crippen molar-refractivity contribution in [1.29, 1.82) is 0 Å². The van der Waals surface area contributed by atoms with Gasteiger partial charge in [0.05, 0.1) is 5.69 Å². The summed E-state index contributed by atoms with van der Waals surface area (Å²) in [4.78, 5) is 26.3. The van der Waals surface area contributed by atoms with Crippen LogP contribution in [0, 0.1) is 6.92 Å². The summed E-state index contributed by atoms with van der Waals surface area (Å²) in [5.41, 5.74) is -1.07. The Kier molecular flexibility index (Phi) is 5.05. The van der Waals surface area contributed by atoms with Crippen LogP contribution in [0.4, 0.5) is 22.0 Å². The highest BCUT2D eigenvalue weighted by Crippen LogP contribution is 2.45. The summed E-state index contributed by atoms with van der Waals surface area (Å²) in [6.45, 7) is 1.41. The zero-order chi connectivity index (χ0) is 23.5. The number of alkyl halides is 5. The summed E-state index contributed by atoms with van der Waals surface area (Å²) in [5, 5.41) is 4.12. The van der Waals surface area contributed by atoms with Gasteiger partial charge in [0.2, 0.25) is 0 Å². The van der Waals surface area contributed by atoms with Crippen LogP contribution in [0.25, 0.3) is 5.78 Å². The van der Waals surface area contributed by atoms with E-state index in [-0.39, 0.29) is 35.0 Å². The van der Waals surface area contributed by atoms with Gasteiger partial charge in [0.25, 0.3) is 18.1 Å². The van der Waals surface area contributed by atoms with Crippen molar-refractivity contribution in [1.82, 2.24) is 29.5 Å². The third-order valence-corrected chi connectivity index (χ3v) is 6.45. The van der Waals surface area contributed by atoms with Crippen molar-refractivity contribution in [2.75, 3.05) is 0 Å². The molecule has 2 fully saturated rings. The zero-order valence-electron chi connectivity index (χ0n) is 17.4. The van der Waals surface area contributed by atoms with E-state index in [1.54, 1.807) is 4.90 Å². The highest BCUT2D eigenvalue weighted by atomic mass is 19.4. The average molecular weight is 466 g/mol. The van der Waals surface area contributed by atoms with Crippen LogP contribution in [0.5, 0.6) is 0 Å². The van der Waals surface area contributed by atoms with Gasteiger partial charge in [-0.3, -0.25) is 4.79 Å². The number of aromatic nitrogens is 5. The second-order valence-corrected chi connectivity index (χ2v) is 8.45. The van der Waals surface area contributed by atoms with Crippen LogP contribution in [0.3, 0.4) is 0 Å². The lowest BCUT2D eigenvalue weighted by Crippen LogP contribution is -2.47. The Balaban J connectivity index is 1.54. The van der Waals surface area contributed by atoms with E-state index in [1.165, 1.54) is 29.9 Å². The molecule has 2 aliphatic rings. The van der Waals surface area contributed by atoms with Crippen LogP contribution in [-0.2, 0) is 6.18 Å². The topological polar surface area (TPSA) is 76.3 Å². The van der Waals surface area contributed by atoms with Gasteiger partial charge in [0, 0.05) is 29.3 Å². The third kappa shape index (κ3) is 3.70. The number of hydrogen-bond acceptors (Lipinski definition) is 5. The molecule has 2 saturated heterocycles. The molecule has 0 spiro atoms. The average Bonchev–Trinajstić information content (AvgIpc) is 3.34. The molecule has 3 atom stereocenters. The first-order valence-electron chi connectivity index (χ1n) is 10.5. The zero-order valence-corrected chi connectivity index (χ0v) is 17.4. The van der Waals surface area contributed by atoms with Gasteiger partial charge in [-0.05, 0) is 50.8 Å². The molecule has 5 rings (SSSR count). The van der Waals surface area contributed by atoms with Gasteiger partial charge in [-0.1, -0.05) is 0 Å². The van der Waals surface area contributed by atoms with Gasteiger partial charge in [0.15, 0.2) is 0 Å². The third-order valence-electron chi connectivity index (χ3n) is 6.45. The SMILES string of the molecule is Cc1cc(C(=O)N2[C@H]3CC[C@H](c4cc(C(F)F)nc5ncnn45)[C@@H]2CC3)cc(C(F)(F)F)n1. The molecule has 0 radical (unpaired) electrons. The van der Waals surface area contributed by atoms with E-state index < -0.39 is 29.9 Å². The molecule has 0 aliphatic carbocycles. The Morgan fingerprint density at radius 3 is 2.58 bits per heavy atom. The Labute approximate surface area is 184 Å². The Hall–Kier alpha value is -3.18. The van der Waals surface area contributed by atoms with Crippen LogP contribution in [0.1, 0.15) is 71.2 Å². The molecule has 7 nitrogen and oxygen atoms in total. The molecule has 3 aromatic heterocycles.